The summed E-state index contributed by atoms with van der Waals surface area (Å²) in [7, 11) is 0. The second-order valence-corrected chi connectivity index (χ2v) is 9.31. The minimum Gasteiger partial charge on any atom is -0.342 e. The molecule has 1 atom stereocenters. The summed E-state index contributed by atoms with van der Waals surface area (Å²) in [6.45, 7) is 7.40. The predicted octanol–water partition coefficient (Wildman–Crippen LogP) is 2.36. The normalized spacial score (nSPS) is 26.0. The number of amides is 1. The molecule has 3 fully saturated rings. The van der Waals surface area contributed by atoms with Crippen molar-refractivity contribution < 1.29 is 4.79 Å². The molecular weight excluding hydrogens is 360 g/mol. The van der Waals surface area contributed by atoms with Crippen LogP contribution in [0.3, 0.4) is 0 Å². The van der Waals surface area contributed by atoms with Crippen LogP contribution in [0, 0.1) is 5.92 Å². The van der Waals surface area contributed by atoms with Gasteiger partial charge in [-0.15, -0.1) is 0 Å². The van der Waals surface area contributed by atoms with Crippen molar-refractivity contribution in [2.24, 2.45) is 11.7 Å². The van der Waals surface area contributed by atoms with Gasteiger partial charge in [0.05, 0.1) is 5.92 Å². The van der Waals surface area contributed by atoms with Gasteiger partial charge in [-0.05, 0) is 70.1 Å². The number of likely N-dealkylation sites (tertiary alicyclic amines) is 3. The number of rotatable bonds is 5. The van der Waals surface area contributed by atoms with Gasteiger partial charge in [0, 0.05) is 38.3 Å². The van der Waals surface area contributed by atoms with Crippen molar-refractivity contribution in [2.45, 2.75) is 57.0 Å². The Balaban J connectivity index is 1.22. The van der Waals surface area contributed by atoms with E-state index < -0.39 is 0 Å². The Morgan fingerprint density at radius 1 is 0.931 bits per heavy atom. The number of carbonyl (C=O) groups excluding carboxylic acids is 1. The Morgan fingerprint density at radius 3 is 2.38 bits per heavy atom. The first-order valence-corrected chi connectivity index (χ1v) is 11.7. The van der Waals surface area contributed by atoms with Crippen LogP contribution in [-0.2, 0) is 11.2 Å². The van der Waals surface area contributed by atoms with Crippen molar-refractivity contribution in [1.29, 1.82) is 0 Å². The van der Waals surface area contributed by atoms with Crippen LogP contribution < -0.4 is 5.73 Å². The number of hydrogen-bond donors (Lipinski definition) is 1. The van der Waals surface area contributed by atoms with Gasteiger partial charge in [-0.1, -0.05) is 30.3 Å². The van der Waals surface area contributed by atoms with Crippen molar-refractivity contribution in [1.82, 2.24) is 14.7 Å². The SMILES string of the molecule is NC1CCN(C(=O)[C@H]2CCCN(C3CCN(CCc4ccccc4)CC3)C2)CC1. The van der Waals surface area contributed by atoms with Crippen molar-refractivity contribution >= 4 is 5.91 Å². The first-order valence-electron chi connectivity index (χ1n) is 11.7. The van der Waals surface area contributed by atoms with Gasteiger partial charge in [0.2, 0.25) is 5.91 Å². The highest BCUT2D eigenvalue weighted by atomic mass is 16.2. The standard InChI is InChI=1S/C24H38N4O/c25-22-9-17-27(18-10-22)24(29)21-7-4-13-28(19-21)23-11-15-26(16-12-23)14-8-20-5-2-1-3-6-20/h1-3,5-6,21-23H,4,7-19,25H2/t21-/m0/s1. The predicted molar refractivity (Wildman–Crippen MR) is 118 cm³/mol. The van der Waals surface area contributed by atoms with Crippen LogP contribution in [0.4, 0.5) is 0 Å². The third kappa shape index (κ3) is 5.59. The van der Waals surface area contributed by atoms with Crippen LogP contribution in [0.2, 0.25) is 0 Å². The molecule has 1 aromatic carbocycles. The van der Waals surface area contributed by atoms with E-state index in [0.717, 1.165) is 58.3 Å². The highest BCUT2D eigenvalue weighted by Crippen LogP contribution is 2.26. The van der Waals surface area contributed by atoms with Gasteiger partial charge < -0.3 is 15.5 Å². The summed E-state index contributed by atoms with van der Waals surface area (Å²) >= 11 is 0. The van der Waals surface area contributed by atoms with Crippen LogP contribution in [0.25, 0.3) is 0 Å². The van der Waals surface area contributed by atoms with Crippen molar-refractivity contribution in [3.8, 4) is 0 Å². The van der Waals surface area contributed by atoms with E-state index in [2.05, 4.69) is 45.0 Å². The lowest BCUT2D eigenvalue weighted by Crippen LogP contribution is -2.52. The van der Waals surface area contributed by atoms with Gasteiger partial charge in [-0.2, -0.15) is 0 Å². The topological polar surface area (TPSA) is 52.8 Å². The van der Waals surface area contributed by atoms with Gasteiger partial charge in [0.25, 0.3) is 0 Å². The van der Waals surface area contributed by atoms with E-state index in [1.165, 1.54) is 38.0 Å². The molecule has 5 nitrogen and oxygen atoms in total. The van der Waals surface area contributed by atoms with Crippen molar-refractivity contribution in [3.63, 3.8) is 0 Å². The summed E-state index contributed by atoms with van der Waals surface area (Å²) in [4.78, 5) is 20.4. The molecule has 3 heterocycles. The zero-order chi connectivity index (χ0) is 20.1. The molecule has 0 aliphatic carbocycles. The maximum atomic E-state index is 13.0. The third-order valence-electron chi connectivity index (χ3n) is 7.29. The molecule has 1 amide bonds. The van der Waals surface area contributed by atoms with E-state index >= 15 is 0 Å². The molecule has 3 saturated heterocycles. The quantitative estimate of drug-likeness (QED) is 0.827. The fourth-order valence-corrected chi connectivity index (χ4v) is 5.36. The molecule has 0 bridgehead atoms. The van der Waals surface area contributed by atoms with Gasteiger partial charge in [-0.3, -0.25) is 9.69 Å². The second-order valence-electron chi connectivity index (χ2n) is 9.31. The Hall–Kier alpha value is -1.43. The summed E-state index contributed by atoms with van der Waals surface area (Å²) in [5.74, 6) is 0.594. The average molecular weight is 399 g/mol. The summed E-state index contributed by atoms with van der Waals surface area (Å²) in [5, 5.41) is 0. The molecule has 0 spiro atoms. The van der Waals surface area contributed by atoms with E-state index in [1.807, 2.05) is 0 Å². The van der Waals surface area contributed by atoms with Crippen LogP contribution in [0.5, 0.6) is 0 Å². The molecule has 1 aromatic rings. The van der Waals surface area contributed by atoms with Crippen LogP contribution in [0.1, 0.15) is 44.1 Å². The Labute approximate surface area is 176 Å². The minimum absolute atomic E-state index is 0.203. The van der Waals surface area contributed by atoms with Crippen molar-refractivity contribution in [2.75, 3.05) is 45.8 Å². The van der Waals surface area contributed by atoms with Crippen LogP contribution >= 0.6 is 0 Å². The molecule has 5 heteroatoms. The molecule has 3 aliphatic heterocycles. The summed E-state index contributed by atoms with van der Waals surface area (Å²) in [5.41, 5.74) is 7.45. The second kappa shape index (κ2) is 10.1. The lowest BCUT2D eigenvalue weighted by atomic mass is 9.92. The molecule has 29 heavy (non-hydrogen) atoms. The maximum absolute atomic E-state index is 13.0. The Bertz CT molecular complexity index is 636. The van der Waals surface area contributed by atoms with Gasteiger partial charge in [-0.25, -0.2) is 0 Å². The van der Waals surface area contributed by atoms with Crippen LogP contribution in [-0.4, -0.2) is 78.5 Å². The molecule has 4 rings (SSSR count). The summed E-state index contributed by atoms with van der Waals surface area (Å²) in [6.07, 6.45) is 7.78. The minimum atomic E-state index is 0.203. The van der Waals surface area contributed by atoms with E-state index in [9.17, 15) is 4.79 Å². The summed E-state index contributed by atoms with van der Waals surface area (Å²) in [6, 6.07) is 11.8. The molecule has 0 radical (unpaired) electrons. The Morgan fingerprint density at radius 2 is 1.66 bits per heavy atom. The van der Waals surface area contributed by atoms with Crippen molar-refractivity contribution in [3.05, 3.63) is 35.9 Å². The molecule has 0 aromatic heterocycles. The van der Waals surface area contributed by atoms with Gasteiger partial charge >= 0.3 is 0 Å². The zero-order valence-electron chi connectivity index (χ0n) is 17.8. The highest BCUT2D eigenvalue weighted by Gasteiger charge is 2.34. The zero-order valence-corrected chi connectivity index (χ0v) is 17.8. The number of benzene rings is 1. The van der Waals surface area contributed by atoms with Gasteiger partial charge in [0.1, 0.15) is 0 Å². The summed E-state index contributed by atoms with van der Waals surface area (Å²) < 4.78 is 0. The number of nitrogens with zero attached hydrogens (tertiary/aromatic N) is 3. The van der Waals surface area contributed by atoms with E-state index in [4.69, 9.17) is 5.73 Å². The fourth-order valence-electron chi connectivity index (χ4n) is 5.36. The highest BCUT2D eigenvalue weighted by molar-refractivity contribution is 5.79. The first-order chi connectivity index (χ1) is 14.2. The van der Waals surface area contributed by atoms with Gasteiger partial charge in [0.15, 0.2) is 0 Å². The van der Waals surface area contributed by atoms with E-state index in [1.54, 1.807) is 0 Å². The largest absolute Gasteiger partial charge is 0.342 e. The molecule has 0 unspecified atom stereocenters. The number of nitrogens with two attached hydrogens (primary N) is 1. The maximum Gasteiger partial charge on any atom is 0.226 e. The van der Waals surface area contributed by atoms with Crippen LogP contribution in [0.15, 0.2) is 30.3 Å². The third-order valence-corrected chi connectivity index (χ3v) is 7.29. The molecular formula is C24H38N4O. The lowest BCUT2D eigenvalue weighted by Gasteiger charge is -2.43. The molecule has 0 saturated carbocycles. The molecule has 3 aliphatic rings. The number of carbonyl (C=O) groups is 1. The first kappa shape index (κ1) is 20.8. The lowest BCUT2D eigenvalue weighted by molar-refractivity contribution is -0.138. The monoisotopic (exact) mass is 398 g/mol. The van der Waals surface area contributed by atoms with E-state index in [0.29, 0.717) is 11.9 Å². The number of hydrogen-bond acceptors (Lipinski definition) is 4. The fraction of sp³-hybridized carbons (Fsp3) is 0.708. The smallest absolute Gasteiger partial charge is 0.226 e. The van der Waals surface area contributed by atoms with E-state index in [-0.39, 0.29) is 12.0 Å². The number of piperidine rings is 3. The molecule has 2 N–H and O–H groups in total. The Kier molecular flexibility index (Phi) is 7.22. The average Bonchev–Trinajstić information content (AvgIpc) is 2.79. The molecule has 160 valence electrons.